The first kappa shape index (κ1) is 6.27. The number of hydrogen-bond donors (Lipinski definition) is 0. The van der Waals surface area contributed by atoms with E-state index >= 15 is 0 Å². The summed E-state index contributed by atoms with van der Waals surface area (Å²) in [5.41, 5.74) is 0. The standard InChI is InChI=1S/CCl2O2S/c2-1(3)6(4)5. The van der Waals surface area contributed by atoms with E-state index < -0.39 is 14.1 Å². The van der Waals surface area contributed by atoms with Crippen molar-refractivity contribution in [3.8, 4) is 0 Å². The van der Waals surface area contributed by atoms with Crippen molar-refractivity contribution < 1.29 is 8.42 Å². The minimum Gasteiger partial charge on any atom is -0.182 e. The van der Waals surface area contributed by atoms with Gasteiger partial charge in [-0.25, -0.2) is 0 Å². The van der Waals surface area contributed by atoms with Crippen LogP contribution in [-0.4, -0.2) is 12.2 Å². The number of rotatable bonds is 0. The lowest BCUT2D eigenvalue weighted by atomic mass is 11.9. The fourth-order valence-corrected chi connectivity index (χ4v) is 0. The smallest absolute Gasteiger partial charge is 0.182 e. The molecule has 0 bridgehead atoms. The first-order valence-electron chi connectivity index (χ1n) is 0.915. The van der Waals surface area contributed by atoms with Gasteiger partial charge in [0.15, 0.2) is 0 Å². The lowest BCUT2D eigenvalue weighted by Crippen LogP contribution is -1.67. The van der Waals surface area contributed by atoms with Crippen molar-refractivity contribution in [2.45, 2.75) is 0 Å². The second-order valence-corrected chi connectivity index (χ2v) is 2.74. The van der Waals surface area contributed by atoms with E-state index in [4.69, 9.17) is 0 Å². The quantitative estimate of drug-likeness (QED) is 0.367. The van der Waals surface area contributed by atoms with Gasteiger partial charge in [0.05, 0.1) is 0 Å². The third-order valence-corrected chi connectivity index (χ3v) is 1.13. The van der Waals surface area contributed by atoms with Crippen LogP contribution >= 0.6 is 23.2 Å². The molecule has 0 aliphatic rings. The third-order valence-electron chi connectivity index (χ3n) is 0.126. The summed E-state index contributed by atoms with van der Waals surface area (Å²) < 4.78 is 18.2. The first-order chi connectivity index (χ1) is 2.64. The molecule has 0 aliphatic carbocycles. The Bertz CT molecular complexity index is 142. The van der Waals surface area contributed by atoms with Crippen molar-refractivity contribution in [1.29, 1.82) is 0 Å². The van der Waals surface area contributed by atoms with Gasteiger partial charge in [0.1, 0.15) is 0 Å². The molecule has 0 N–H and O–H groups in total. The van der Waals surface area contributed by atoms with E-state index in [1.54, 1.807) is 0 Å². The van der Waals surface area contributed by atoms with Gasteiger partial charge in [-0.05, 0) is 0 Å². The van der Waals surface area contributed by atoms with E-state index in [-0.39, 0.29) is 0 Å². The highest BCUT2D eigenvalue weighted by Gasteiger charge is 1.79. The molecule has 0 fully saturated rings. The van der Waals surface area contributed by atoms with E-state index in [0.29, 0.717) is 0 Å². The summed E-state index contributed by atoms with van der Waals surface area (Å²) in [5.74, 6) is 0. The summed E-state index contributed by atoms with van der Waals surface area (Å²) >= 11 is 9.36. The summed E-state index contributed by atoms with van der Waals surface area (Å²) in [6.45, 7) is 0. The fraction of sp³-hybridized carbons (Fsp3) is 0. The molecule has 0 aromatic carbocycles. The van der Waals surface area contributed by atoms with Gasteiger partial charge in [-0.15, -0.1) is 0 Å². The second-order valence-electron chi connectivity index (χ2n) is 0.460. The highest BCUT2D eigenvalue weighted by atomic mass is 35.5. The Morgan fingerprint density at radius 2 is 1.50 bits per heavy atom. The molecule has 0 aromatic rings. The van der Waals surface area contributed by atoms with Crippen LogP contribution in [0.2, 0.25) is 0 Å². The molecule has 2 nitrogen and oxygen atoms in total. The predicted octanol–water partition coefficient (Wildman–Crippen LogP) is 0.431. The number of hydrogen-bond acceptors (Lipinski definition) is 2. The molecule has 5 heteroatoms. The lowest BCUT2D eigenvalue weighted by molar-refractivity contribution is 0.627. The maximum atomic E-state index is 9.40. The van der Waals surface area contributed by atoms with Gasteiger partial charge in [-0.1, -0.05) is 23.2 Å². The van der Waals surface area contributed by atoms with Crippen molar-refractivity contribution in [2.24, 2.45) is 0 Å². The molecular weight excluding hydrogens is 147 g/mol. The molecule has 0 saturated carbocycles. The SMILES string of the molecule is O=S(=O)=C(Cl)Cl. The zero-order valence-electron chi connectivity index (χ0n) is 2.48. The first-order valence-corrected chi connectivity index (χ1v) is 2.75. The molecule has 0 aliphatic heterocycles. The van der Waals surface area contributed by atoms with Crippen molar-refractivity contribution in [3.63, 3.8) is 0 Å². The van der Waals surface area contributed by atoms with Crippen LogP contribution in [0.5, 0.6) is 0 Å². The molecule has 0 atom stereocenters. The zero-order chi connectivity index (χ0) is 5.15. The highest BCUT2D eigenvalue weighted by Crippen LogP contribution is 1.84. The zero-order valence-corrected chi connectivity index (χ0v) is 4.81. The monoisotopic (exact) mass is 146 g/mol. The van der Waals surface area contributed by atoms with Crippen LogP contribution in [-0.2, 0) is 10.3 Å². The minimum absolute atomic E-state index is 0.630. The van der Waals surface area contributed by atoms with Crippen LogP contribution < -0.4 is 0 Å². The molecule has 0 rings (SSSR count). The van der Waals surface area contributed by atoms with Crippen LogP contribution in [0.1, 0.15) is 0 Å². The van der Waals surface area contributed by atoms with Gasteiger partial charge in [0.2, 0.25) is 14.1 Å². The van der Waals surface area contributed by atoms with Gasteiger partial charge < -0.3 is 0 Å². The van der Waals surface area contributed by atoms with Crippen molar-refractivity contribution >= 4 is 37.3 Å². The van der Waals surface area contributed by atoms with E-state index in [9.17, 15) is 8.42 Å². The average Bonchev–Trinajstić information content (AvgIpc) is 1.36. The molecule has 6 heavy (non-hydrogen) atoms. The average molecular weight is 147 g/mol. The van der Waals surface area contributed by atoms with Crippen molar-refractivity contribution in [3.05, 3.63) is 0 Å². The third kappa shape index (κ3) is 2.50. The molecule has 0 aromatic heterocycles. The van der Waals surface area contributed by atoms with E-state index in [1.807, 2.05) is 0 Å². The predicted molar refractivity (Wildman–Crippen MR) is 25.6 cm³/mol. The van der Waals surface area contributed by atoms with Gasteiger partial charge in [0, 0.05) is 0 Å². The lowest BCUT2D eigenvalue weighted by Gasteiger charge is -1.56. The van der Waals surface area contributed by atoms with E-state index in [1.165, 1.54) is 0 Å². The Hall–Kier alpha value is 0.270. The largest absolute Gasteiger partial charge is 0.244 e. The molecule has 0 spiro atoms. The molecule has 0 heterocycles. The van der Waals surface area contributed by atoms with Crippen LogP contribution in [0.4, 0.5) is 0 Å². The van der Waals surface area contributed by atoms with Crippen LogP contribution in [0.25, 0.3) is 0 Å². The Morgan fingerprint density at radius 1 is 1.33 bits per heavy atom. The van der Waals surface area contributed by atoms with Crippen LogP contribution in [0.15, 0.2) is 0 Å². The summed E-state index contributed by atoms with van der Waals surface area (Å²) in [6.07, 6.45) is 0. The molecular formula is CCl2O2S. The topological polar surface area (TPSA) is 34.1 Å². The summed E-state index contributed by atoms with van der Waals surface area (Å²) in [4.78, 5) is 0. The molecule has 0 saturated heterocycles. The van der Waals surface area contributed by atoms with Gasteiger partial charge in [0.25, 0.3) is 0 Å². The Labute approximate surface area is 46.2 Å². The van der Waals surface area contributed by atoms with Gasteiger partial charge in [-0.2, -0.15) is 8.42 Å². The Balaban J connectivity index is 4.58. The van der Waals surface area contributed by atoms with Crippen LogP contribution in [0, 0.1) is 0 Å². The van der Waals surface area contributed by atoms with Gasteiger partial charge in [-0.3, -0.25) is 0 Å². The maximum Gasteiger partial charge on any atom is 0.244 e. The highest BCUT2D eigenvalue weighted by molar-refractivity contribution is 7.79. The normalized spacial score (nSPS) is 7.67. The molecule has 0 amide bonds. The molecule has 0 unspecified atom stereocenters. The minimum atomic E-state index is -2.42. The Kier molecular flexibility index (Phi) is 2.55. The second kappa shape index (κ2) is 2.44. The van der Waals surface area contributed by atoms with E-state index in [2.05, 4.69) is 23.2 Å². The molecule has 36 valence electrons. The van der Waals surface area contributed by atoms with Gasteiger partial charge >= 0.3 is 0 Å². The van der Waals surface area contributed by atoms with Crippen molar-refractivity contribution in [2.75, 3.05) is 0 Å². The molecule has 0 radical (unpaired) electrons. The summed E-state index contributed by atoms with van der Waals surface area (Å²) in [6, 6.07) is 0. The van der Waals surface area contributed by atoms with E-state index in [0.717, 1.165) is 0 Å². The summed E-state index contributed by atoms with van der Waals surface area (Å²) in [7, 11) is -2.42. The summed E-state index contributed by atoms with van der Waals surface area (Å²) in [5, 5.41) is 0. The Morgan fingerprint density at radius 3 is 1.50 bits per heavy atom. The van der Waals surface area contributed by atoms with Crippen LogP contribution in [0.3, 0.4) is 0 Å². The fourth-order valence-electron chi connectivity index (χ4n) is 0. The maximum absolute atomic E-state index is 9.40. The van der Waals surface area contributed by atoms with Crippen molar-refractivity contribution in [1.82, 2.24) is 0 Å². The number of halogens is 2.